The SMILES string of the molecule is O=C(NCCc1ccc(Cl)cc1)c1ccnc(NCc2ccco2)n1. The van der Waals surface area contributed by atoms with Gasteiger partial charge in [0, 0.05) is 17.8 Å². The van der Waals surface area contributed by atoms with E-state index in [9.17, 15) is 4.79 Å². The van der Waals surface area contributed by atoms with Crippen LogP contribution < -0.4 is 10.6 Å². The molecule has 0 radical (unpaired) electrons. The zero-order valence-electron chi connectivity index (χ0n) is 13.4. The lowest BCUT2D eigenvalue weighted by molar-refractivity contribution is 0.0949. The van der Waals surface area contributed by atoms with E-state index in [1.165, 1.54) is 0 Å². The summed E-state index contributed by atoms with van der Waals surface area (Å²) in [6.07, 6.45) is 3.87. The summed E-state index contributed by atoms with van der Waals surface area (Å²) in [5.74, 6) is 0.903. The molecule has 0 aliphatic carbocycles. The molecule has 2 heterocycles. The minimum atomic E-state index is -0.239. The van der Waals surface area contributed by atoms with Crippen molar-refractivity contribution in [3.63, 3.8) is 0 Å². The van der Waals surface area contributed by atoms with E-state index in [1.807, 2.05) is 36.4 Å². The number of benzene rings is 1. The van der Waals surface area contributed by atoms with Gasteiger partial charge in [0.05, 0.1) is 12.8 Å². The second-order valence-corrected chi connectivity index (χ2v) is 5.77. The highest BCUT2D eigenvalue weighted by Gasteiger charge is 2.08. The smallest absolute Gasteiger partial charge is 0.270 e. The molecule has 6 nitrogen and oxygen atoms in total. The van der Waals surface area contributed by atoms with E-state index in [-0.39, 0.29) is 5.91 Å². The first-order valence-corrected chi connectivity index (χ1v) is 8.20. The third-order valence-electron chi connectivity index (χ3n) is 3.50. The number of carbonyl (C=O) groups excluding carboxylic acids is 1. The average molecular weight is 357 g/mol. The van der Waals surface area contributed by atoms with Crippen LogP contribution >= 0.6 is 11.6 Å². The van der Waals surface area contributed by atoms with E-state index in [4.69, 9.17) is 16.0 Å². The third kappa shape index (κ3) is 5.06. The maximum atomic E-state index is 12.2. The highest BCUT2D eigenvalue weighted by Crippen LogP contribution is 2.10. The largest absolute Gasteiger partial charge is 0.467 e. The van der Waals surface area contributed by atoms with Crippen LogP contribution in [0.25, 0.3) is 0 Å². The van der Waals surface area contributed by atoms with Crippen molar-refractivity contribution in [2.45, 2.75) is 13.0 Å². The van der Waals surface area contributed by atoms with E-state index in [1.54, 1.807) is 18.5 Å². The third-order valence-corrected chi connectivity index (χ3v) is 3.75. The number of rotatable bonds is 7. The van der Waals surface area contributed by atoms with Crippen LogP contribution in [0.1, 0.15) is 21.8 Å². The predicted molar refractivity (Wildman–Crippen MR) is 95.6 cm³/mol. The average Bonchev–Trinajstić information content (AvgIpc) is 3.15. The molecule has 0 spiro atoms. The Balaban J connectivity index is 1.51. The Morgan fingerprint density at radius 3 is 2.76 bits per heavy atom. The van der Waals surface area contributed by atoms with Crippen molar-refractivity contribution in [3.8, 4) is 0 Å². The molecule has 0 atom stereocenters. The number of amides is 1. The number of carbonyl (C=O) groups is 1. The van der Waals surface area contributed by atoms with E-state index in [2.05, 4.69) is 20.6 Å². The van der Waals surface area contributed by atoms with E-state index < -0.39 is 0 Å². The molecule has 0 saturated heterocycles. The zero-order valence-corrected chi connectivity index (χ0v) is 14.2. The highest BCUT2D eigenvalue weighted by atomic mass is 35.5. The van der Waals surface area contributed by atoms with Gasteiger partial charge in [0.15, 0.2) is 0 Å². The topological polar surface area (TPSA) is 80.0 Å². The van der Waals surface area contributed by atoms with Crippen molar-refractivity contribution in [2.24, 2.45) is 0 Å². The van der Waals surface area contributed by atoms with Gasteiger partial charge in [-0.15, -0.1) is 0 Å². The highest BCUT2D eigenvalue weighted by molar-refractivity contribution is 6.30. The molecule has 1 aromatic carbocycles. The van der Waals surface area contributed by atoms with Crippen molar-refractivity contribution in [3.05, 3.63) is 77.0 Å². The minimum absolute atomic E-state index is 0.239. The molecule has 0 saturated carbocycles. The molecule has 1 amide bonds. The van der Waals surface area contributed by atoms with Crippen molar-refractivity contribution in [2.75, 3.05) is 11.9 Å². The predicted octanol–water partition coefficient (Wildman–Crippen LogP) is 3.31. The number of hydrogen-bond donors (Lipinski definition) is 2. The summed E-state index contributed by atoms with van der Waals surface area (Å²) < 4.78 is 5.23. The zero-order chi connectivity index (χ0) is 17.5. The van der Waals surface area contributed by atoms with Crippen LogP contribution in [0.3, 0.4) is 0 Å². The molecule has 0 aliphatic heterocycles. The number of hydrogen-bond acceptors (Lipinski definition) is 5. The van der Waals surface area contributed by atoms with Gasteiger partial charge in [-0.05, 0) is 42.3 Å². The van der Waals surface area contributed by atoms with Crippen LogP contribution in [0.2, 0.25) is 5.02 Å². The number of furan rings is 1. The summed E-state index contributed by atoms with van der Waals surface area (Å²) in [4.78, 5) is 20.5. The van der Waals surface area contributed by atoms with Gasteiger partial charge >= 0.3 is 0 Å². The van der Waals surface area contributed by atoms with E-state index >= 15 is 0 Å². The lowest BCUT2D eigenvalue weighted by Crippen LogP contribution is -2.26. The first-order valence-electron chi connectivity index (χ1n) is 7.82. The maximum Gasteiger partial charge on any atom is 0.270 e. The van der Waals surface area contributed by atoms with Crippen LogP contribution in [0.15, 0.2) is 59.3 Å². The summed E-state index contributed by atoms with van der Waals surface area (Å²) in [5, 5.41) is 6.57. The normalized spacial score (nSPS) is 10.4. The monoisotopic (exact) mass is 356 g/mol. The van der Waals surface area contributed by atoms with Gasteiger partial charge in [-0.25, -0.2) is 9.97 Å². The molecule has 0 bridgehead atoms. The fourth-order valence-electron chi connectivity index (χ4n) is 2.21. The standard InChI is InChI=1S/C18H17ClN4O2/c19-14-5-3-13(4-6-14)7-9-20-17(24)16-8-10-21-18(23-16)22-12-15-2-1-11-25-15/h1-6,8,10-11H,7,9,12H2,(H,20,24)(H,21,22,23). The molecule has 3 aromatic rings. The van der Waals surface area contributed by atoms with Crippen LogP contribution in [0, 0.1) is 0 Å². The first kappa shape index (κ1) is 17.0. The summed E-state index contributed by atoms with van der Waals surface area (Å²) in [6.45, 7) is 0.967. The van der Waals surface area contributed by atoms with Gasteiger partial charge in [0.2, 0.25) is 5.95 Å². The summed E-state index contributed by atoms with van der Waals surface area (Å²) >= 11 is 5.85. The number of aromatic nitrogens is 2. The van der Waals surface area contributed by atoms with Crippen LogP contribution in [0.4, 0.5) is 5.95 Å². The number of anilines is 1. The molecule has 0 fully saturated rings. The quantitative estimate of drug-likeness (QED) is 0.679. The molecule has 2 aromatic heterocycles. The molecule has 128 valence electrons. The summed E-state index contributed by atoms with van der Waals surface area (Å²) in [7, 11) is 0. The number of halogens is 1. The Morgan fingerprint density at radius 1 is 1.16 bits per heavy atom. The fraction of sp³-hybridized carbons (Fsp3) is 0.167. The van der Waals surface area contributed by atoms with Gasteiger partial charge in [-0.1, -0.05) is 23.7 Å². The Kier molecular flexibility index (Phi) is 5.64. The second kappa shape index (κ2) is 8.30. The van der Waals surface area contributed by atoms with Crippen molar-refractivity contribution in [1.29, 1.82) is 0 Å². The molecular weight excluding hydrogens is 340 g/mol. The lowest BCUT2D eigenvalue weighted by Gasteiger charge is -2.07. The molecule has 0 aliphatic rings. The maximum absolute atomic E-state index is 12.2. The first-order chi connectivity index (χ1) is 12.2. The van der Waals surface area contributed by atoms with Crippen LogP contribution in [-0.2, 0) is 13.0 Å². The van der Waals surface area contributed by atoms with Crippen molar-refractivity contribution >= 4 is 23.5 Å². The van der Waals surface area contributed by atoms with Gasteiger partial charge in [-0.2, -0.15) is 0 Å². The minimum Gasteiger partial charge on any atom is -0.467 e. The molecule has 0 unspecified atom stereocenters. The fourth-order valence-corrected chi connectivity index (χ4v) is 2.34. The van der Waals surface area contributed by atoms with Crippen LogP contribution in [0.5, 0.6) is 0 Å². The Morgan fingerprint density at radius 2 is 2.00 bits per heavy atom. The Labute approximate surface area is 150 Å². The Bertz CT molecular complexity index is 819. The van der Waals surface area contributed by atoms with E-state index in [0.29, 0.717) is 29.8 Å². The second-order valence-electron chi connectivity index (χ2n) is 5.33. The van der Waals surface area contributed by atoms with Crippen molar-refractivity contribution < 1.29 is 9.21 Å². The Hall–Kier alpha value is -2.86. The number of nitrogens with zero attached hydrogens (tertiary/aromatic N) is 2. The van der Waals surface area contributed by atoms with Gasteiger partial charge in [-0.3, -0.25) is 4.79 Å². The van der Waals surface area contributed by atoms with Crippen molar-refractivity contribution in [1.82, 2.24) is 15.3 Å². The van der Waals surface area contributed by atoms with Gasteiger partial charge in [0.1, 0.15) is 11.5 Å². The lowest BCUT2D eigenvalue weighted by atomic mass is 10.1. The molecular formula is C18H17ClN4O2. The molecule has 7 heteroatoms. The molecule has 3 rings (SSSR count). The van der Waals surface area contributed by atoms with Gasteiger partial charge < -0.3 is 15.1 Å². The summed E-state index contributed by atoms with van der Waals surface area (Å²) in [5.41, 5.74) is 1.42. The molecule has 25 heavy (non-hydrogen) atoms. The van der Waals surface area contributed by atoms with Crippen LogP contribution in [-0.4, -0.2) is 22.4 Å². The van der Waals surface area contributed by atoms with Gasteiger partial charge in [0.25, 0.3) is 5.91 Å². The number of nitrogens with one attached hydrogen (secondary N) is 2. The van der Waals surface area contributed by atoms with E-state index in [0.717, 1.165) is 17.7 Å². The molecule has 2 N–H and O–H groups in total. The summed E-state index contributed by atoms with van der Waals surface area (Å²) in [6, 6.07) is 12.8.